The fourth-order valence-electron chi connectivity index (χ4n) is 3.09. The summed E-state index contributed by atoms with van der Waals surface area (Å²) in [6.45, 7) is 3.00. The van der Waals surface area contributed by atoms with Crippen LogP contribution in [-0.4, -0.2) is 30.5 Å². The normalized spacial score (nSPS) is 16.2. The second-order valence-electron chi connectivity index (χ2n) is 6.42. The van der Waals surface area contributed by atoms with Crippen LogP contribution in [0.2, 0.25) is 0 Å². The van der Waals surface area contributed by atoms with Crippen molar-refractivity contribution in [1.82, 2.24) is 15.6 Å². The minimum atomic E-state index is 0. The van der Waals surface area contributed by atoms with E-state index in [1.165, 1.54) is 18.4 Å². The molecule has 1 aromatic heterocycles. The number of rotatable bonds is 7. The third kappa shape index (κ3) is 7.62. The predicted molar refractivity (Wildman–Crippen MR) is 113 cm³/mol. The van der Waals surface area contributed by atoms with Crippen molar-refractivity contribution in [3.8, 4) is 0 Å². The number of hydrogen-bond donors (Lipinski definition) is 2. The summed E-state index contributed by atoms with van der Waals surface area (Å²) in [5.74, 6) is 0.783. The molecule has 1 amide bonds. The lowest BCUT2D eigenvalue weighted by atomic mass is 9.96. The first-order chi connectivity index (χ1) is 11.8. The maximum Gasteiger partial charge on any atom is 0.226 e. The van der Waals surface area contributed by atoms with Gasteiger partial charge < -0.3 is 10.6 Å². The number of halogens is 2. The van der Waals surface area contributed by atoms with Crippen LogP contribution in [0.5, 0.6) is 0 Å². The van der Waals surface area contributed by atoms with E-state index in [2.05, 4.69) is 27.8 Å². The second kappa shape index (κ2) is 12.3. The molecule has 1 fully saturated rings. The monoisotopic (exact) mass is 415 g/mol. The first-order valence-corrected chi connectivity index (χ1v) is 9.62. The Hall–Kier alpha value is -1.14. The molecule has 144 valence electrons. The second-order valence-corrected chi connectivity index (χ2v) is 7.37. The van der Waals surface area contributed by atoms with Crippen molar-refractivity contribution in [1.29, 1.82) is 0 Å². The van der Waals surface area contributed by atoms with Gasteiger partial charge in [-0.15, -0.1) is 36.2 Å². The molecular weight excluding hydrogens is 389 g/mol. The van der Waals surface area contributed by atoms with E-state index in [0.29, 0.717) is 12.3 Å². The highest BCUT2D eigenvalue weighted by atomic mass is 35.5. The Kier molecular flexibility index (Phi) is 10.8. The number of piperidine rings is 1. The molecule has 2 heterocycles. The van der Waals surface area contributed by atoms with E-state index in [0.717, 1.165) is 43.2 Å². The molecule has 3 rings (SSSR count). The Morgan fingerprint density at radius 2 is 2.08 bits per heavy atom. The van der Waals surface area contributed by atoms with E-state index < -0.39 is 0 Å². The van der Waals surface area contributed by atoms with Gasteiger partial charge in [-0.2, -0.15) is 0 Å². The van der Waals surface area contributed by atoms with Gasteiger partial charge in [0.15, 0.2) is 0 Å². The zero-order chi connectivity index (χ0) is 16.6. The summed E-state index contributed by atoms with van der Waals surface area (Å²) in [5.41, 5.74) is 2.13. The molecule has 2 N–H and O–H groups in total. The standard InChI is InChI=1S/C19H25N3OS.2ClH/c23-18(21-10-8-16-7-4-9-20-13-16)12-17-14-24-19(22-17)11-15-5-2-1-3-6-15;;/h1-3,5-6,14,16,20H,4,7-13H2,(H,21,23);2*1H. The smallest absolute Gasteiger partial charge is 0.226 e. The summed E-state index contributed by atoms with van der Waals surface area (Å²) in [6, 6.07) is 10.3. The van der Waals surface area contributed by atoms with Crippen LogP contribution in [0.1, 0.15) is 35.5 Å². The summed E-state index contributed by atoms with van der Waals surface area (Å²) < 4.78 is 0. The summed E-state index contributed by atoms with van der Waals surface area (Å²) in [4.78, 5) is 16.7. The van der Waals surface area contributed by atoms with Gasteiger partial charge >= 0.3 is 0 Å². The lowest BCUT2D eigenvalue weighted by Crippen LogP contribution is -2.33. The molecule has 1 aliphatic rings. The van der Waals surface area contributed by atoms with Crippen LogP contribution in [0.25, 0.3) is 0 Å². The lowest BCUT2D eigenvalue weighted by Gasteiger charge is -2.22. The number of benzene rings is 1. The molecule has 0 bridgehead atoms. The molecule has 1 aliphatic heterocycles. The van der Waals surface area contributed by atoms with Crippen LogP contribution in [0, 0.1) is 5.92 Å². The molecular formula is C19H27Cl2N3OS. The molecule has 1 atom stereocenters. The number of nitrogens with one attached hydrogen (secondary N) is 2. The van der Waals surface area contributed by atoms with E-state index >= 15 is 0 Å². The van der Waals surface area contributed by atoms with E-state index in [1.54, 1.807) is 11.3 Å². The molecule has 0 saturated carbocycles. The molecule has 4 nitrogen and oxygen atoms in total. The van der Waals surface area contributed by atoms with Gasteiger partial charge in [-0.05, 0) is 43.8 Å². The van der Waals surface area contributed by atoms with Crippen molar-refractivity contribution in [2.75, 3.05) is 19.6 Å². The highest BCUT2D eigenvalue weighted by molar-refractivity contribution is 7.09. The first kappa shape index (κ1) is 22.9. The van der Waals surface area contributed by atoms with Crippen LogP contribution in [0.3, 0.4) is 0 Å². The molecule has 0 aliphatic carbocycles. The van der Waals surface area contributed by atoms with Gasteiger partial charge in [-0.25, -0.2) is 4.98 Å². The molecule has 7 heteroatoms. The average molecular weight is 416 g/mol. The molecule has 2 aromatic rings. The van der Waals surface area contributed by atoms with Gasteiger partial charge in [0.2, 0.25) is 5.91 Å². The number of hydrogen-bond acceptors (Lipinski definition) is 4. The van der Waals surface area contributed by atoms with E-state index in [4.69, 9.17) is 0 Å². The summed E-state index contributed by atoms with van der Waals surface area (Å²) in [5, 5.41) is 9.52. The number of amides is 1. The Balaban J connectivity index is 0.00000169. The van der Waals surface area contributed by atoms with Crippen molar-refractivity contribution in [3.63, 3.8) is 0 Å². The Morgan fingerprint density at radius 3 is 2.81 bits per heavy atom. The minimum absolute atomic E-state index is 0. The van der Waals surface area contributed by atoms with Gasteiger partial charge in [-0.3, -0.25) is 4.79 Å². The highest BCUT2D eigenvalue weighted by Crippen LogP contribution is 2.15. The van der Waals surface area contributed by atoms with Crippen molar-refractivity contribution in [2.24, 2.45) is 5.92 Å². The van der Waals surface area contributed by atoms with Gasteiger partial charge in [0.25, 0.3) is 0 Å². The van der Waals surface area contributed by atoms with Gasteiger partial charge in [-0.1, -0.05) is 30.3 Å². The SMILES string of the molecule is Cl.Cl.O=C(Cc1csc(Cc2ccccc2)n1)NCCC1CCCNC1. The summed E-state index contributed by atoms with van der Waals surface area (Å²) >= 11 is 1.63. The van der Waals surface area contributed by atoms with Crippen LogP contribution in [-0.2, 0) is 17.6 Å². The summed E-state index contributed by atoms with van der Waals surface area (Å²) in [6.07, 6.45) is 4.81. The Morgan fingerprint density at radius 1 is 1.27 bits per heavy atom. The third-order valence-electron chi connectivity index (χ3n) is 4.41. The minimum Gasteiger partial charge on any atom is -0.356 e. The predicted octanol–water partition coefficient (Wildman–Crippen LogP) is 3.63. The van der Waals surface area contributed by atoms with Crippen LogP contribution in [0.4, 0.5) is 0 Å². The molecule has 1 unspecified atom stereocenters. The topological polar surface area (TPSA) is 54.0 Å². The molecule has 0 radical (unpaired) electrons. The largest absolute Gasteiger partial charge is 0.356 e. The van der Waals surface area contributed by atoms with Crippen LogP contribution < -0.4 is 10.6 Å². The van der Waals surface area contributed by atoms with Crippen LogP contribution in [0.15, 0.2) is 35.7 Å². The van der Waals surface area contributed by atoms with Crippen molar-refractivity contribution in [3.05, 3.63) is 52.0 Å². The van der Waals surface area contributed by atoms with E-state index in [9.17, 15) is 4.79 Å². The summed E-state index contributed by atoms with van der Waals surface area (Å²) in [7, 11) is 0. The Bertz CT molecular complexity index is 645. The molecule has 26 heavy (non-hydrogen) atoms. The van der Waals surface area contributed by atoms with Crippen molar-refractivity contribution in [2.45, 2.75) is 32.1 Å². The zero-order valence-electron chi connectivity index (χ0n) is 14.8. The highest BCUT2D eigenvalue weighted by Gasteiger charge is 2.13. The fourth-order valence-corrected chi connectivity index (χ4v) is 3.92. The van der Waals surface area contributed by atoms with E-state index in [-0.39, 0.29) is 30.7 Å². The first-order valence-electron chi connectivity index (χ1n) is 8.74. The number of thiazole rings is 1. The van der Waals surface area contributed by atoms with Crippen molar-refractivity contribution < 1.29 is 4.79 Å². The van der Waals surface area contributed by atoms with Crippen LogP contribution >= 0.6 is 36.2 Å². The van der Waals surface area contributed by atoms with Gasteiger partial charge in [0, 0.05) is 18.3 Å². The van der Waals surface area contributed by atoms with Crippen molar-refractivity contribution >= 4 is 42.1 Å². The lowest BCUT2D eigenvalue weighted by molar-refractivity contribution is -0.120. The zero-order valence-corrected chi connectivity index (χ0v) is 17.2. The maximum atomic E-state index is 12.1. The van der Waals surface area contributed by atoms with E-state index in [1.807, 2.05) is 23.6 Å². The number of aromatic nitrogens is 1. The van der Waals surface area contributed by atoms with Gasteiger partial charge in [0.05, 0.1) is 17.1 Å². The average Bonchev–Trinajstić information content (AvgIpc) is 3.03. The fraction of sp³-hybridized carbons (Fsp3) is 0.474. The molecule has 1 saturated heterocycles. The number of nitrogens with zero attached hydrogens (tertiary/aromatic N) is 1. The Labute approximate surface area is 172 Å². The maximum absolute atomic E-state index is 12.1. The quantitative estimate of drug-likeness (QED) is 0.725. The third-order valence-corrected chi connectivity index (χ3v) is 5.31. The number of carbonyl (C=O) groups excluding carboxylic acids is 1. The molecule has 1 aromatic carbocycles. The number of carbonyl (C=O) groups is 1. The van der Waals surface area contributed by atoms with Gasteiger partial charge in [0.1, 0.15) is 0 Å². The molecule has 0 spiro atoms.